The monoisotopic (exact) mass is 309 g/mol. The Balaban J connectivity index is 2.75. The zero-order valence-corrected chi connectivity index (χ0v) is 13.6. The van der Waals surface area contributed by atoms with Gasteiger partial charge in [-0.05, 0) is 45.0 Å². The van der Waals surface area contributed by atoms with Crippen molar-refractivity contribution in [2.75, 3.05) is 7.05 Å². The summed E-state index contributed by atoms with van der Waals surface area (Å²) in [5.74, 6) is -0.503. The molecule has 0 aromatic heterocycles. The van der Waals surface area contributed by atoms with Gasteiger partial charge >= 0.3 is 12.1 Å². The first-order chi connectivity index (χ1) is 10.1. The summed E-state index contributed by atoms with van der Waals surface area (Å²) in [5, 5.41) is 8.86. The summed E-state index contributed by atoms with van der Waals surface area (Å²) in [6.45, 7) is 7.28. The van der Waals surface area contributed by atoms with Crippen LogP contribution in [0.5, 0.6) is 5.75 Å². The van der Waals surface area contributed by atoms with Crippen molar-refractivity contribution in [2.45, 2.75) is 45.9 Å². The van der Waals surface area contributed by atoms with E-state index in [0.29, 0.717) is 12.2 Å². The fraction of sp³-hybridized carbons (Fsp3) is 0.500. The molecular weight excluding hydrogens is 286 g/mol. The van der Waals surface area contributed by atoms with Gasteiger partial charge < -0.3 is 14.6 Å². The van der Waals surface area contributed by atoms with E-state index in [1.807, 2.05) is 6.92 Å². The number of hydrogen-bond donors (Lipinski definition) is 1. The predicted octanol–water partition coefficient (Wildman–Crippen LogP) is 3.37. The van der Waals surface area contributed by atoms with Crippen molar-refractivity contribution in [3.63, 3.8) is 0 Å². The highest BCUT2D eigenvalue weighted by molar-refractivity contribution is 5.87. The van der Waals surface area contributed by atoms with Crippen LogP contribution in [-0.4, -0.2) is 40.9 Å². The van der Waals surface area contributed by atoms with E-state index in [9.17, 15) is 9.59 Å². The highest BCUT2D eigenvalue weighted by Gasteiger charge is 2.25. The highest BCUT2D eigenvalue weighted by Crippen LogP contribution is 2.18. The number of hydrogen-bond acceptors (Lipinski definition) is 4. The van der Waals surface area contributed by atoms with Gasteiger partial charge in [-0.25, -0.2) is 9.59 Å². The van der Waals surface area contributed by atoms with Crippen molar-refractivity contribution < 1.29 is 24.2 Å². The maximum atomic E-state index is 12.0. The Bertz CT molecular complexity index is 518. The maximum Gasteiger partial charge on any atom is 0.412 e. The molecule has 1 N–H and O–H groups in total. The van der Waals surface area contributed by atoms with E-state index in [2.05, 4.69) is 0 Å². The Morgan fingerprint density at radius 3 is 2.18 bits per heavy atom. The standard InChI is InChI=1S/C16H23NO5/c1-6-13(17(5)15(20)22-16(2,3)4)21-12-9-7-11(8-10-12)14(18)19/h7-10,13H,6H2,1-5H3,(H,18,19). The van der Waals surface area contributed by atoms with E-state index >= 15 is 0 Å². The number of aromatic carboxylic acids is 1. The largest absolute Gasteiger partial charge is 0.478 e. The van der Waals surface area contributed by atoms with Gasteiger partial charge in [0.2, 0.25) is 0 Å². The second-order valence-corrected chi connectivity index (χ2v) is 5.90. The number of benzene rings is 1. The summed E-state index contributed by atoms with van der Waals surface area (Å²) in [7, 11) is 1.61. The topological polar surface area (TPSA) is 76.1 Å². The molecule has 0 spiro atoms. The molecule has 1 unspecified atom stereocenters. The van der Waals surface area contributed by atoms with E-state index < -0.39 is 23.9 Å². The number of ether oxygens (including phenoxy) is 2. The third-order valence-electron chi connectivity index (χ3n) is 2.84. The zero-order valence-electron chi connectivity index (χ0n) is 13.6. The molecule has 1 amide bonds. The Kier molecular flexibility index (Phi) is 5.79. The molecule has 0 aliphatic heterocycles. The molecular formula is C16H23NO5. The van der Waals surface area contributed by atoms with Crippen LogP contribution in [-0.2, 0) is 4.74 Å². The van der Waals surface area contributed by atoms with Crippen LogP contribution >= 0.6 is 0 Å². The number of amides is 1. The Labute approximate surface area is 130 Å². The van der Waals surface area contributed by atoms with Crippen molar-refractivity contribution in [3.05, 3.63) is 29.8 Å². The van der Waals surface area contributed by atoms with E-state index in [4.69, 9.17) is 14.6 Å². The average Bonchev–Trinajstić information content (AvgIpc) is 2.42. The third kappa shape index (κ3) is 5.27. The van der Waals surface area contributed by atoms with Crippen LogP contribution in [0.3, 0.4) is 0 Å². The highest BCUT2D eigenvalue weighted by atomic mass is 16.6. The summed E-state index contributed by atoms with van der Waals surface area (Å²) >= 11 is 0. The normalized spacial score (nSPS) is 12.4. The minimum absolute atomic E-state index is 0.181. The molecule has 0 radical (unpaired) electrons. The van der Waals surface area contributed by atoms with Gasteiger partial charge in [0.05, 0.1) is 5.56 Å². The molecule has 6 nitrogen and oxygen atoms in total. The molecule has 1 aromatic rings. The lowest BCUT2D eigenvalue weighted by molar-refractivity contribution is -0.0116. The van der Waals surface area contributed by atoms with Crippen LogP contribution in [0, 0.1) is 0 Å². The first kappa shape index (κ1) is 17.8. The third-order valence-corrected chi connectivity index (χ3v) is 2.84. The summed E-state index contributed by atoms with van der Waals surface area (Å²) < 4.78 is 11.0. The lowest BCUT2D eigenvalue weighted by atomic mass is 10.2. The number of carboxylic acid groups (broad SMARTS) is 1. The summed E-state index contributed by atoms with van der Waals surface area (Å²) in [4.78, 5) is 24.2. The van der Waals surface area contributed by atoms with Crippen molar-refractivity contribution >= 4 is 12.1 Å². The number of carbonyl (C=O) groups is 2. The van der Waals surface area contributed by atoms with Crippen molar-refractivity contribution in [3.8, 4) is 5.75 Å². The van der Waals surface area contributed by atoms with Crippen molar-refractivity contribution in [2.24, 2.45) is 0 Å². The van der Waals surface area contributed by atoms with Crippen LogP contribution in [0.1, 0.15) is 44.5 Å². The first-order valence-corrected chi connectivity index (χ1v) is 7.10. The fourth-order valence-corrected chi connectivity index (χ4v) is 1.72. The molecule has 0 aliphatic rings. The quantitative estimate of drug-likeness (QED) is 0.844. The van der Waals surface area contributed by atoms with E-state index in [1.165, 1.54) is 17.0 Å². The van der Waals surface area contributed by atoms with Crippen LogP contribution in [0.15, 0.2) is 24.3 Å². The van der Waals surface area contributed by atoms with Gasteiger partial charge in [0.1, 0.15) is 11.4 Å². The molecule has 1 aromatic carbocycles. The number of carboxylic acids is 1. The molecule has 122 valence electrons. The average molecular weight is 309 g/mol. The summed E-state index contributed by atoms with van der Waals surface area (Å²) in [6.07, 6.45) is -0.400. The van der Waals surface area contributed by atoms with Crippen LogP contribution < -0.4 is 4.74 Å². The van der Waals surface area contributed by atoms with Gasteiger partial charge in [-0.2, -0.15) is 0 Å². The van der Waals surface area contributed by atoms with Gasteiger partial charge in [-0.15, -0.1) is 0 Å². The second kappa shape index (κ2) is 7.15. The zero-order chi connectivity index (χ0) is 16.9. The van der Waals surface area contributed by atoms with E-state index in [1.54, 1.807) is 40.0 Å². The Hall–Kier alpha value is -2.24. The van der Waals surface area contributed by atoms with Gasteiger partial charge in [-0.1, -0.05) is 6.92 Å². The number of carbonyl (C=O) groups excluding carboxylic acids is 1. The van der Waals surface area contributed by atoms with Crippen molar-refractivity contribution in [1.82, 2.24) is 4.90 Å². The van der Waals surface area contributed by atoms with Gasteiger partial charge in [0.15, 0.2) is 6.23 Å². The molecule has 0 fully saturated rings. The lowest BCUT2D eigenvalue weighted by Gasteiger charge is -2.30. The molecule has 0 aliphatic carbocycles. The van der Waals surface area contributed by atoms with Crippen LogP contribution in [0.25, 0.3) is 0 Å². The van der Waals surface area contributed by atoms with Crippen molar-refractivity contribution in [1.29, 1.82) is 0 Å². The first-order valence-electron chi connectivity index (χ1n) is 7.10. The summed E-state index contributed by atoms with van der Waals surface area (Å²) in [6, 6.07) is 6.04. The minimum atomic E-state index is -0.996. The number of nitrogens with zero attached hydrogens (tertiary/aromatic N) is 1. The molecule has 22 heavy (non-hydrogen) atoms. The van der Waals surface area contributed by atoms with Gasteiger partial charge in [0, 0.05) is 13.5 Å². The maximum absolute atomic E-state index is 12.0. The Morgan fingerprint density at radius 1 is 1.23 bits per heavy atom. The van der Waals surface area contributed by atoms with E-state index in [0.717, 1.165) is 0 Å². The van der Waals surface area contributed by atoms with Gasteiger partial charge in [0.25, 0.3) is 0 Å². The number of rotatable bonds is 5. The molecule has 0 heterocycles. The second-order valence-electron chi connectivity index (χ2n) is 5.90. The van der Waals surface area contributed by atoms with Crippen LogP contribution in [0.4, 0.5) is 4.79 Å². The molecule has 1 atom stereocenters. The molecule has 1 rings (SSSR count). The van der Waals surface area contributed by atoms with Gasteiger partial charge in [-0.3, -0.25) is 4.90 Å². The molecule has 0 bridgehead atoms. The van der Waals surface area contributed by atoms with E-state index in [-0.39, 0.29) is 5.56 Å². The molecule has 6 heteroatoms. The fourth-order valence-electron chi connectivity index (χ4n) is 1.72. The molecule has 0 saturated heterocycles. The summed E-state index contributed by atoms with van der Waals surface area (Å²) in [5.41, 5.74) is -0.395. The van der Waals surface area contributed by atoms with Crippen LogP contribution in [0.2, 0.25) is 0 Å². The predicted molar refractivity (Wildman–Crippen MR) is 82.1 cm³/mol. The Morgan fingerprint density at radius 2 is 1.77 bits per heavy atom. The molecule has 0 saturated carbocycles. The SMILES string of the molecule is CCC(Oc1ccc(C(=O)O)cc1)N(C)C(=O)OC(C)(C)C. The lowest BCUT2D eigenvalue weighted by Crippen LogP contribution is -2.43. The smallest absolute Gasteiger partial charge is 0.412 e. The minimum Gasteiger partial charge on any atom is -0.478 e.